The zero-order valence-corrected chi connectivity index (χ0v) is 22.9. The van der Waals surface area contributed by atoms with E-state index in [1.807, 2.05) is 30.3 Å². The molecular formula is C31H29N7O4. The van der Waals surface area contributed by atoms with Gasteiger partial charge in [-0.2, -0.15) is 0 Å². The van der Waals surface area contributed by atoms with E-state index in [1.165, 1.54) is 22.7 Å². The summed E-state index contributed by atoms with van der Waals surface area (Å²) in [6.07, 6.45) is 8.71. The van der Waals surface area contributed by atoms with Gasteiger partial charge in [-0.1, -0.05) is 18.2 Å². The largest absolute Gasteiger partial charge is 0.322 e. The maximum Gasteiger partial charge on any atom is 0.267 e. The summed E-state index contributed by atoms with van der Waals surface area (Å²) < 4.78 is 1.42. The highest BCUT2D eigenvalue weighted by Crippen LogP contribution is 2.34. The smallest absolute Gasteiger partial charge is 0.267 e. The SMILES string of the molecule is O=C1CCC(N2Cc3cc(C4CCN(Cc5ccc6ncn(-c7cnccn7)c(=O)c6c5)CC4)ccc3C2=O)C(=O)N1. The maximum absolute atomic E-state index is 13.2. The van der Waals surface area contributed by atoms with Gasteiger partial charge in [0, 0.05) is 37.5 Å². The number of piperidine rings is 2. The molecule has 7 rings (SSSR count). The zero-order valence-electron chi connectivity index (χ0n) is 22.9. The summed E-state index contributed by atoms with van der Waals surface area (Å²) in [6, 6.07) is 11.3. The third-order valence-electron chi connectivity index (χ3n) is 8.63. The summed E-state index contributed by atoms with van der Waals surface area (Å²) in [7, 11) is 0. The lowest BCUT2D eigenvalue weighted by Gasteiger charge is -2.32. The number of nitrogens with zero attached hydrogens (tertiary/aromatic N) is 6. The molecule has 2 saturated heterocycles. The van der Waals surface area contributed by atoms with Gasteiger partial charge in [-0.15, -0.1) is 0 Å². The van der Waals surface area contributed by atoms with Crippen molar-refractivity contribution in [2.75, 3.05) is 13.1 Å². The molecule has 0 spiro atoms. The van der Waals surface area contributed by atoms with Gasteiger partial charge in [0.05, 0.1) is 17.1 Å². The van der Waals surface area contributed by atoms with Crippen molar-refractivity contribution < 1.29 is 14.4 Å². The summed E-state index contributed by atoms with van der Waals surface area (Å²) in [4.78, 5) is 66.9. The number of fused-ring (bicyclic) bond motifs is 2. The maximum atomic E-state index is 13.2. The van der Waals surface area contributed by atoms with E-state index in [4.69, 9.17) is 0 Å². The first kappa shape index (κ1) is 26.1. The van der Waals surface area contributed by atoms with Crippen LogP contribution in [-0.2, 0) is 22.7 Å². The summed E-state index contributed by atoms with van der Waals surface area (Å²) in [5.41, 5.74) is 4.33. The number of carbonyl (C=O) groups excluding carboxylic acids is 3. The lowest BCUT2D eigenvalue weighted by Crippen LogP contribution is -2.52. The highest BCUT2D eigenvalue weighted by atomic mass is 16.2. The van der Waals surface area contributed by atoms with Gasteiger partial charge in [0.2, 0.25) is 11.8 Å². The number of rotatable bonds is 5. The van der Waals surface area contributed by atoms with Crippen LogP contribution >= 0.6 is 0 Å². The third kappa shape index (κ3) is 4.75. The van der Waals surface area contributed by atoms with Crippen LogP contribution in [0.15, 0.2) is 66.1 Å². The number of hydrogen-bond donors (Lipinski definition) is 1. The second-order valence-electron chi connectivity index (χ2n) is 11.2. The summed E-state index contributed by atoms with van der Waals surface area (Å²) in [6.45, 7) is 2.96. The monoisotopic (exact) mass is 563 g/mol. The van der Waals surface area contributed by atoms with E-state index in [-0.39, 0.29) is 29.7 Å². The molecule has 0 saturated carbocycles. The quantitative estimate of drug-likeness (QED) is 0.366. The van der Waals surface area contributed by atoms with E-state index in [0.29, 0.717) is 41.2 Å². The summed E-state index contributed by atoms with van der Waals surface area (Å²) >= 11 is 0. The number of hydrogen-bond acceptors (Lipinski definition) is 8. The average molecular weight is 564 g/mol. The highest BCUT2D eigenvalue weighted by molar-refractivity contribution is 6.05. The molecule has 2 aromatic carbocycles. The first-order valence-corrected chi connectivity index (χ1v) is 14.2. The van der Waals surface area contributed by atoms with Crippen LogP contribution in [-0.4, -0.2) is 66.2 Å². The predicted molar refractivity (Wildman–Crippen MR) is 153 cm³/mol. The van der Waals surface area contributed by atoms with Crippen molar-refractivity contribution in [2.24, 2.45) is 0 Å². The zero-order chi connectivity index (χ0) is 28.8. The molecule has 3 amide bonds. The minimum absolute atomic E-state index is 0.144. The number of likely N-dealkylation sites (tertiary alicyclic amines) is 1. The third-order valence-corrected chi connectivity index (χ3v) is 8.63. The Hall–Kier alpha value is -4.77. The lowest BCUT2D eigenvalue weighted by atomic mass is 9.87. The molecule has 0 bridgehead atoms. The summed E-state index contributed by atoms with van der Waals surface area (Å²) in [5.74, 6) is -0.00244. The van der Waals surface area contributed by atoms with E-state index in [0.717, 1.165) is 43.6 Å². The van der Waals surface area contributed by atoms with E-state index >= 15 is 0 Å². The van der Waals surface area contributed by atoms with Crippen LogP contribution in [0.25, 0.3) is 16.7 Å². The van der Waals surface area contributed by atoms with Crippen molar-refractivity contribution >= 4 is 28.6 Å². The molecule has 1 N–H and O–H groups in total. The number of aromatic nitrogens is 4. The van der Waals surface area contributed by atoms with Crippen molar-refractivity contribution in [1.82, 2.24) is 34.6 Å². The minimum Gasteiger partial charge on any atom is -0.322 e. The van der Waals surface area contributed by atoms with Gasteiger partial charge in [0.1, 0.15) is 12.4 Å². The molecule has 1 atom stereocenters. The number of nitrogens with one attached hydrogen (secondary N) is 1. The first-order chi connectivity index (χ1) is 20.4. The van der Waals surface area contributed by atoms with Gasteiger partial charge in [0.25, 0.3) is 11.5 Å². The Morgan fingerprint density at radius 3 is 2.57 bits per heavy atom. The molecule has 212 valence electrons. The van der Waals surface area contributed by atoms with Crippen LogP contribution in [0.2, 0.25) is 0 Å². The van der Waals surface area contributed by atoms with E-state index in [1.54, 1.807) is 17.3 Å². The number of amides is 3. The Labute approximate surface area is 241 Å². The molecule has 3 aliphatic heterocycles. The fourth-order valence-corrected chi connectivity index (χ4v) is 6.38. The molecule has 2 aromatic heterocycles. The normalized spacial score (nSPS) is 19.8. The van der Waals surface area contributed by atoms with E-state index in [9.17, 15) is 19.2 Å². The van der Waals surface area contributed by atoms with Gasteiger partial charge < -0.3 is 4.90 Å². The molecule has 11 heteroatoms. The minimum atomic E-state index is -0.602. The second-order valence-corrected chi connectivity index (χ2v) is 11.2. The van der Waals surface area contributed by atoms with Gasteiger partial charge in [-0.25, -0.2) is 14.5 Å². The molecule has 4 aromatic rings. The number of carbonyl (C=O) groups is 3. The van der Waals surface area contributed by atoms with Crippen molar-refractivity contribution in [3.63, 3.8) is 0 Å². The van der Waals surface area contributed by atoms with Gasteiger partial charge in [-0.3, -0.25) is 34.4 Å². The molecular weight excluding hydrogens is 534 g/mol. The molecule has 11 nitrogen and oxygen atoms in total. The molecule has 5 heterocycles. The first-order valence-electron chi connectivity index (χ1n) is 14.2. The van der Waals surface area contributed by atoms with Crippen LogP contribution in [0.5, 0.6) is 0 Å². The summed E-state index contributed by atoms with van der Waals surface area (Å²) in [5, 5.41) is 2.91. The molecule has 42 heavy (non-hydrogen) atoms. The Balaban J connectivity index is 1.01. The Morgan fingerprint density at radius 2 is 1.79 bits per heavy atom. The molecule has 0 aliphatic carbocycles. The van der Waals surface area contributed by atoms with Crippen molar-refractivity contribution in [3.05, 3.63) is 93.9 Å². The van der Waals surface area contributed by atoms with Gasteiger partial charge in [0.15, 0.2) is 5.82 Å². The number of benzene rings is 2. The Kier molecular flexibility index (Phi) is 6.58. The van der Waals surface area contributed by atoms with Crippen LogP contribution in [0, 0.1) is 0 Å². The molecule has 2 fully saturated rings. The Morgan fingerprint density at radius 1 is 0.929 bits per heavy atom. The molecule has 3 aliphatic rings. The van der Waals surface area contributed by atoms with Gasteiger partial charge >= 0.3 is 0 Å². The van der Waals surface area contributed by atoms with Crippen LogP contribution in [0.4, 0.5) is 0 Å². The van der Waals surface area contributed by atoms with Crippen LogP contribution < -0.4 is 10.9 Å². The standard InChI is InChI=1S/C31H29N7O4/c39-28-6-5-26(29(40)35-28)37-17-22-14-21(2-3-23(22)30(37)41)20-7-11-36(12-8-20)16-19-1-4-25-24(13-19)31(42)38(18-34-25)27-15-32-9-10-33-27/h1-4,9-10,13-15,18,20,26H,5-8,11-12,16-17H2,(H,35,39,40). The van der Waals surface area contributed by atoms with Crippen molar-refractivity contribution in [3.8, 4) is 5.82 Å². The van der Waals surface area contributed by atoms with Crippen molar-refractivity contribution in [1.29, 1.82) is 0 Å². The fourth-order valence-electron chi connectivity index (χ4n) is 6.38. The molecule has 1 unspecified atom stereocenters. The van der Waals surface area contributed by atoms with Crippen LogP contribution in [0.3, 0.4) is 0 Å². The average Bonchev–Trinajstić information content (AvgIpc) is 3.33. The van der Waals surface area contributed by atoms with Crippen LogP contribution in [0.1, 0.15) is 58.6 Å². The van der Waals surface area contributed by atoms with E-state index in [2.05, 4.69) is 31.2 Å². The fraction of sp³-hybridized carbons (Fsp3) is 0.323. The van der Waals surface area contributed by atoms with Crippen molar-refractivity contribution in [2.45, 2.75) is 50.7 Å². The predicted octanol–water partition coefficient (Wildman–Crippen LogP) is 2.32. The number of imide groups is 1. The highest BCUT2D eigenvalue weighted by Gasteiger charge is 2.39. The second kappa shape index (κ2) is 10.6. The molecule has 0 radical (unpaired) electrons. The topological polar surface area (TPSA) is 130 Å². The van der Waals surface area contributed by atoms with E-state index < -0.39 is 6.04 Å². The van der Waals surface area contributed by atoms with Gasteiger partial charge in [-0.05, 0) is 73.2 Å². The Bertz CT molecular complexity index is 1780. The lowest BCUT2D eigenvalue weighted by molar-refractivity contribution is -0.136.